The van der Waals surface area contributed by atoms with Crippen LogP contribution in [0.1, 0.15) is 5.56 Å². The first-order chi connectivity index (χ1) is 8.20. The minimum Gasteiger partial charge on any atom is -0.480 e. The minimum absolute atomic E-state index is 0.385. The zero-order valence-electron chi connectivity index (χ0n) is 9.45. The second-order valence-corrected chi connectivity index (χ2v) is 4.47. The SMILES string of the molecule is C1=NCCS1.N[C@@H](Cc1ccccc1)C(=O)O. The quantitative estimate of drug-likeness (QED) is 0.852. The molecule has 0 saturated heterocycles. The highest BCUT2D eigenvalue weighted by atomic mass is 32.2. The van der Waals surface area contributed by atoms with E-state index in [0.29, 0.717) is 6.42 Å². The molecule has 92 valence electrons. The number of aliphatic carboxylic acids is 1. The zero-order chi connectivity index (χ0) is 12.5. The van der Waals surface area contributed by atoms with Crippen molar-refractivity contribution < 1.29 is 9.90 Å². The summed E-state index contributed by atoms with van der Waals surface area (Å²) in [4.78, 5) is 14.3. The van der Waals surface area contributed by atoms with Gasteiger partial charge in [0.2, 0.25) is 0 Å². The molecule has 1 aromatic carbocycles. The Kier molecular flexibility index (Phi) is 6.35. The number of nitrogens with two attached hydrogens (primary N) is 1. The lowest BCUT2D eigenvalue weighted by molar-refractivity contribution is -0.138. The maximum atomic E-state index is 10.4. The average molecular weight is 252 g/mol. The molecule has 2 rings (SSSR count). The summed E-state index contributed by atoms with van der Waals surface area (Å²) in [5, 5.41) is 8.52. The van der Waals surface area contributed by atoms with Gasteiger partial charge in [0.15, 0.2) is 0 Å². The number of carboxylic acid groups (broad SMARTS) is 1. The van der Waals surface area contributed by atoms with Crippen LogP contribution in [0.5, 0.6) is 0 Å². The summed E-state index contributed by atoms with van der Waals surface area (Å²) < 4.78 is 0. The van der Waals surface area contributed by atoms with Gasteiger partial charge in [-0.25, -0.2) is 0 Å². The standard InChI is InChI=1S/C9H11NO2.C3H5NS/c10-8(9(11)12)6-7-4-2-1-3-5-7;1-2-5-3-4-1/h1-5,8H,6,10H2,(H,11,12);3H,1-2H2/t8-;/m0./s1. The van der Waals surface area contributed by atoms with Gasteiger partial charge in [-0.15, -0.1) is 11.8 Å². The van der Waals surface area contributed by atoms with Crippen LogP contribution < -0.4 is 5.73 Å². The molecule has 1 aliphatic rings. The van der Waals surface area contributed by atoms with Gasteiger partial charge in [-0.3, -0.25) is 9.79 Å². The van der Waals surface area contributed by atoms with Crippen LogP contribution in [0.3, 0.4) is 0 Å². The molecular weight excluding hydrogens is 236 g/mol. The highest BCUT2D eigenvalue weighted by Gasteiger charge is 2.10. The highest BCUT2D eigenvalue weighted by Crippen LogP contribution is 2.01. The first-order valence-corrected chi connectivity index (χ1v) is 6.37. The smallest absolute Gasteiger partial charge is 0.320 e. The van der Waals surface area contributed by atoms with Gasteiger partial charge in [0.05, 0.1) is 5.55 Å². The van der Waals surface area contributed by atoms with Crippen molar-refractivity contribution in [2.75, 3.05) is 12.3 Å². The van der Waals surface area contributed by atoms with Crippen LogP contribution in [0.2, 0.25) is 0 Å². The summed E-state index contributed by atoms with van der Waals surface area (Å²) in [7, 11) is 0. The van der Waals surface area contributed by atoms with Crippen LogP contribution >= 0.6 is 11.8 Å². The summed E-state index contributed by atoms with van der Waals surface area (Å²) >= 11 is 1.78. The van der Waals surface area contributed by atoms with Crippen LogP contribution in [0.4, 0.5) is 0 Å². The summed E-state index contributed by atoms with van der Waals surface area (Å²) in [5.74, 6) is 0.235. The largest absolute Gasteiger partial charge is 0.480 e. The number of aliphatic imine (C=N–C) groups is 1. The zero-order valence-corrected chi connectivity index (χ0v) is 10.3. The van der Waals surface area contributed by atoms with Crippen molar-refractivity contribution in [3.05, 3.63) is 35.9 Å². The summed E-state index contributed by atoms with van der Waals surface area (Å²) in [6.07, 6.45) is 0.385. The molecule has 0 radical (unpaired) electrons. The number of rotatable bonds is 3. The predicted molar refractivity (Wildman–Crippen MR) is 71.6 cm³/mol. The van der Waals surface area contributed by atoms with Crippen molar-refractivity contribution >= 4 is 23.3 Å². The van der Waals surface area contributed by atoms with Crippen molar-refractivity contribution in [1.82, 2.24) is 0 Å². The molecule has 4 nitrogen and oxygen atoms in total. The Balaban J connectivity index is 0.000000239. The van der Waals surface area contributed by atoms with E-state index < -0.39 is 12.0 Å². The number of thioether (sulfide) groups is 1. The number of nitrogens with zero attached hydrogens (tertiary/aromatic N) is 1. The third kappa shape index (κ3) is 6.09. The van der Waals surface area contributed by atoms with Crippen LogP contribution in [-0.4, -0.2) is 35.0 Å². The Morgan fingerprint density at radius 3 is 2.59 bits per heavy atom. The van der Waals surface area contributed by atoms with E-state index in [-0.39, 0.29) is 0 Å². The van der Waals surface area contributed by atoms with E-state index in [9.17, 15) is 4.79 Å². The molecule has 1 heterocycles. The Bertz CT molecular complexity index is 362. The van der Waals surface area contributed by atoms with E-state index in [2.05, 4.69) is 4.99 Å². The van der Waals surface area contributed by atoms with Gasteiger partial charge in [0.1, 0.15) is 6.04 Å². The molecule has 5 heteroatoms. The van der Waals surface area contributed by atoms with Gasteiger partial charge < -0.3 is 10.8 Å². The highest BCUT2D eigenvalue weighted by molar-refractivity contribution is 8.12. The number of hydrogen-bond donors (Lipinski definition) is 2. The second-order valence-electron chi connectivity index (χ2n) is 3.52. The fourth-order valence-corrected chi connectivity index (χ4v) is 1.75. The number of benzene rings is 1. The second kappa shape index (κ2) is 7.86. The van der Waals surface area contributed by atoms with Crippen LogP contribution in [0.25, 0.3) is 0 Å². The summed E-state index contributed by atoms with van der Waals surface area (Å²) in [6, 6.07) is 8.54. The van der Waals surface area contributed by atoms with E-state index in [1.807, 2.05) is 35.9 Å². The van der Waals surface area contributed by atoms with Crippen molar-refractivity contribution in [2.24, 2.45) is 10.7 Å². The minimum atomic E-state index is -0.959. The van der Waals surface area contributed by atoms with Crippen molar-refractivity contribution in [3.63, 3.8) is 0 Å². The normalized spacial score (nSPS) is 14.9. The van der Waals surface area contributed by atoms with Crippen LogP contribution in [-0.2, 0) is 11.2 Å². The van der Waals surface area contributed by atoms with E-state index in [1.165, 1.54) is 5.75 Å². The average Bonchev–Trinajstić information content (AvgIpc) is 2.89. The Morgan fingerprint density at radius 2 is 2.18 bits per heavy atom. The lowest BCUT2D eigenvalue weighted by Gasteiger charge is -2.04. The maximum Gasteiger partial charge on any atom is 0.320 e. The third-order valence-corrected chi connectivity index (χ3v) is 2.82. The van der Waals surface area contributed by atoms with E-state index >= 15 is 0 Å². The summed E-state index contributed by atoms with van der Waals surface area (Å²) in [5.41, 5.74) is 8.20. The van der Waals surface area contributed by atoms with Crippen LogP contribution in [0, 0.1) is 0 Å². The lowest BCUT2D eigenvalue weighted by atomic mass is 10.1. The molecular formula is C12H16N2O2S. The molecule has 1 aromatic rings. The van der Waals surface area contributed by atoms with Gasteiger partial charge in [-0.2, -0.15) is 0 Å². The van der Waals surface area contributed by atoms with Gasteiger partial charge in [-0.05, 0) is 12.0 Å². The number of hydrogen-bond acceptors (Lipinski definition) is 4. The van der Waals surface area contributed by atoms with Gasteiger partial charge in [-0.1, -0.05) is 30.3 Å². The van der Waals surface area contributed by atoms with Crippen molar-refractivity contribution in [2.45, 2.75) is 12.5 Å². The molecule has 17 heavy (non-hydrogen) atoms. The molecule has 3 N–H and O–H groups in total. The molecule has 0 fully saturated rings. The van der Waals surface area contributed by atoms with Crippen LogP contribution in [0.15, 0.2) is 35.3 Å². The molecule has 0 spiro atoms. The molecule has 1 atom stereocenters. The monoisotopic (exact) mass is 252 g/mol. The maximum absolute atomic E-state index is 10.4. The topological polar surface area (TPSA) is 75.7 Å². The third-order valence-electron chi connectivity index (χ3n) is 2.10. The summed E-state index contributed by atoms with van der Waals surface area (Å²) in [6.45, 7) is 1.03. The van der Waals surface area contributed by atoms with E-state index in [4.69, 9.17) is 10.8 Å². The lowest BCUT2D eigenvalue weighted by Crippen LogP contribution is -2.32. The number of carbonyl (C=O) groups is 1. The van der Waals surface area contributed by atoms with Gasteiger partial charge >= 0.3 is 5.97 Å². The van der Waals surface area contributed by atoms with Crippen molar-refractivity contribution in [3.8, 4) is 0 Å². The Labute approximate surface area is 105 Å². The molecule has 0 aromatic heterocycles. The molecule has 0 amide bonds. The molecule has 0 aliphatic carbocycles. The van der Waals surface area contributed by atoms with E-state index in [1.54, 1.807) is 11.8 Å². The van der Waals surface area contributed by atoms with Crippen molar-refractivity contribution in [1.29, 1.82) is 0 Å². The fraction of sp³-hybridized carbons (Fsp3) is 0.333. The van der Waals surface area contributed by atoms with Gasteiger partial charge in [0, 0.05) is 12.3 Å². The first-order valence-electron chi connectivity index (χ1n) is 5.32. The first kappa shape index (κ1) is 13.7. The Hall–Kier alpha value is -1.33. The molecule has 0 saturated carbocycles. The van der Waals surface area contributed by atoms with Gasteiger partial charge in [0.25, 0.3) is 0 Å². The molecule has 1 aliphatic heterocycles. The fourth-order valence-electron chi connectivity index (χ4n) is 1.22. The molecule has 0 bridgehead atoms. The number of carboxylic acids is 1. The predicted octanol–water partition coefficient (Wildman–Crippen LogP) is 1.40. The van der Waals surface area contributed by atoms with E-state index in [0.717, 1.165) is 12.1 Å². The molecule has 0 unspecified atom stereocenters. The Morgan fingerprint density at radius 1 is 1.47 bits per heavy atom.